The highest BCUT2D eigenvalue weighted by Crippen LogP contribution is 2.35. The van der Waals surface area contributed by atoms with E-state index in [-0.39, 0.29) is 17.8 Å². The Bertz CT molecular complexity index is 433. The fraction of sp³-hybridized carbons (Fsp3) is 0.571. The van der Waals surface area contributed by atoms with Crippen LogP contribution in [-0.2, 0) is 0 Å². The Morgan fingerprint density at radius 3 is 2.58 bits per heavy atom. The molecule has 0 fully saturated rings. The fourth-order valence-corrected chi connectivity index (χ4v) is 1.95. The minimum atomic E-state index is -0.390. The van der Waals surface area contributed by atoms with E-state index in [1.165, 1.54) is 0 Å². The summed E-state index contributed by atoms with van der Waals surface area (Å²) < 4.78 is 5.51. The average molecular weight is 266 g/mol. The molecule has 1 aromatic rings. The van der Waals surface area contributed by atoms with Crippen molar-refractivity contribution in [1.29, 1.82) is 0 Å². The van der Waals surface area contributed by atoms with Crippen molar-refractivity contribution in [2.75, 3.05) is 5.32 Å². The Hall–Kier alpha value is -1.78. The first-order valence-electron chi connectivity index (χ1n) is 6.66. The van der Waals surface area contributed by atoms with Crippen LogP contribution in [0.15, 0.2) is 18.2 Å². The smallest absolute Gasteiger partial charge is 0.333 e. The van der Waals surface area contributed by atoms with Gasteiger partial charge in [0.25, 0.3) is 0 Å². The maximum atomic E-state index is 11.2. The van der Waals surface area contributed by atoms with Crippen molar-refractivity contribution in [3.8, 4) is 5.75 Å². The van der Waals surface area contributed by atoms with Crippen LogP contribution in [0.25, 0.3) is 0 Å². The van der Waals surface area contributed by atoms with Gasteiger partial charge in [0.15, 0.2) is 5.75 Å². The van der Waals surface area contributed by atoms with Gasteiger partial charge in [-0.1, -0.05) is 19.4 Å². The lowest BCUT2D eigenvalue weighted by Gasteiger charge is -2.16. The maximum absolute atomic E-state index is 11.2. The van der Waals surface area contributed by atoms with Crippen LogP contribution in [0.5, 0.6) is 5.75 Å². The van der Waals surface area contributed by atoms with E-state index in [2.05, 4.69) is 12.2 Å². The normalized spacial score (nSPS) is 12.3. The second-order valence-corrected chi connectivity index (χ2v) is 4.91. The van der Waals surface area contributed by atoms with Crippen LogP contribution in [0.4, 0.5) is 11.4 Å². The lowest BCUT2D eigenvalue weighted by molar-refractivity contribution is -0.385. The number of para-hydroxylation sites is 1. The highest BCUT2D eigenvalue weighted by Gasteiger charge is 2.22. The molecule has 1 aromatic carbocycles. The van der Waals surface area contributed by atoms with Gasteiger partial charge in [-0.25, -0.2) is 0 Å². The van der Waals surface area contributed by atoms with E-state index in [0.29, 0.717) is 11.4 Å². The number of benzene rings is 1. The monoisotopic (exact) mass is 266 g/mol. The van der Waals surface area contributed by atoms with E-state index in [1.807, 2.05) is 20.8 Å². The van der Waals surface area contributed by atoms with Crippen LogP contribution in [0, 0.1) is 10.1 Å². The second-order valence-electron chi connectivity index (χ2n) is 4.91. The zero-order chi connectivity index (χ0) is 14.4. The van der Waals surface area contributed by atoms with Crippen LogP contribution < -0.4 is 10.1 Å². The van der Waals surface area contributed by atoms with Crippen LogP contribution in [-0.4, -0.2) is 17.1 Å². The van der Waals surface area contributed by atoms with Gasteiger partial charge in [0.05, 0.1) is 11.0 Å². The van der Waals surface area contributed by atoms with E-state index in [1.54, 1.807) is 18.2 Å². The SMILES string of the molecule is CCCC(C)Nc1cccc(OC(C)C)c1[N+](=O)[O-]. The van der Waals surface area contributed by atoms with Gasteiger partial charge in [0.1, 0.15) is 5.69 Å². The fourth-order valence-electron chi connectivity index (χ4n) is 1.95. The summed E-state index contributed by atoms with van der Waals surface area (Å²) in [5, 5.41) is 14.4. The first-order valence-corrected chi connectivity index (χ1v) is 6.66. The summed E-state index contributed by atoms with van der Waals surface area (Å²) in [5.74, 6) is 0.314. The minimum Gasteiger partial charge on any atom is -0.484 e. The highest BCUT2D eigenvalue weighted by atomic mass is 16.6. The van der Waals surface area contributed by atoms with Gasteiger partial charge in [-0.2, -0.15) is 0 Å². The number of hydrogen-bond donors (Lipinski definition) is 1. The molecular formula is C14H22N2O3. The summed E-state index contributed by atoms with van der Waals surface area (Å²) in [6.45, 7) is 7.81. The molecule has 0 aliphatic heterocycles. The predicted molar refractivity (Wildman–Crippen MR) is 76.9 cm³/mol. The first-order chi connectivity index (χ1) is 8.95. The second kappa shape index (κ2) is 6.97. The molecule has 5 heteroatoms. The molecule has 0 heterocycles. The average Bonchev–Trinajstić information content (AvgIpc) is 2.27. The number of nitrogens with zero attached hydrogens (tertiary/aromatic N) is 1. The summed E-state index contributed by atoms with van der Waals surface area (Å²) in [4.78, 5) is 10.9. The van der Waals surface area contributed by atoms with Crippen molar-refractivity contribution in [2.45, 2.75) is 52.7 Å². The molecule has 1 N–H and O–H groups in total. The van der Waals surface area contributed by atoms with E-state index in [4.69, 9.17) is 4.74 Å². The molecule has 0 bridgehead atoms. The third-order valence-electron chi connectivity index (χ3n) is 2.67. The molecule has 0 aliphatic rings. The molecule has 106 valence electrons. The molecule has 1 rings (SSSR count). The van der Waals surface area contributed by atoms with Gasteiger partial charge in [0, 0.05) is 6.04 Å². The third-order valence-corrected chi connectivity index (χ3v) is 2.67. The Labute approximate surface area is 114 Å². The highest BCUT2D eigenvalue weighted by molar-refractivity contribution is 5.68. The Kier molecular flexibility index (Phi) is 5.60. The largest absolute Gasteiger partial charge is 0.484 e. The summed E-state index contributed by atoms with van der Waals surface area (Å²) in [6.07, 6.45) is 1.90. The predicted octanol–water partition coefficient (Wildman–Crippen LogP) is 3.98. The number of nitro benzene ring substituents is 1. The van der Waals surface area contributed by atoms with Crippen molar-refractivity contribution in [3.05, 3.63) is 28.3 Å². The van der Waals surface area contributed by atoms with E-state index < -0.39 is 4.92 Å². The first kappa shape index (κ1) is 15.3. The molecule has 0 aliphatic carbocycles. The molecule has 5 nitrogen and oxygen atoms in total. The van der Waals surface area contributed by atoms with Crippen LogP contribution in [0.1, 0.15) is 40.5 Å². The van der Waals surface area contributed by atoms with Crippen molar-refractivity contribution in [1.82, 2.24) is 0 Å². The maximum Gasteiger partial charge on any atom is 0.333 e. The van der Waals surface area contributed by atoms with Gasteiger partial charge >= 0.3 is 5.69 Å². The minimum absolute atomic E-state index is 0.0131. The van der Waals surface area contributed by atoms with Gasteiger partial charge in [-0.15, -0.1) is 0 Å². The lowest BCUT2D eigenvalue weighted by Crippen LogP contribution is -2.16. The lowest BCUT2D eigenvalue weighted by atomic mass is 10.1. The number of hydrogen-bond acceptors (Lipinski definition) is 4. The number of nitro groups is 1. The molecule has 1 unspecified atom stereocenters. The van der Waals surface area contributed by atoms with Gasteiger partial charge in [0.2, 0.25) is 0 Å². The summed E-state index contributed by atoms with van der Waals surface area (Å²) >= 11 is 0. The molecule has 19 heavy (non-hydrogen) atoms. The van der Waals surface area contributed by atoms with Crippen LogP contribution in [0.3, 0.4) is 0 Å². The number of anilines is 1. The number of ether oxygens (including phenoxy) is 1. The van der Waals surface area contributed by atoms with Crippen LogP contribution in [0.2, 0.25) is 0 Å². The zero-order valence-corrected chi connectivity index (χ0v) is 12.0. The number of nitrogens with one attached hydrogen (secondary N) is 1. The van der Waals surface area contributed by atoms with Crippen molar-refractivity contribution < 1.29 is 9.66 Å². The molecule has 1 atom stereocenters. The molecule has 0 amide bonds. The Morgan fingerprint density at radius 1 is 1.37 bits per heavy atom. The van der Waals surface area contributed by atoms with E-state index in [0.717, 1.165) is 12.8 Å². The van der Waals surface area contributed by atoms with Gasteiger partial charge in [-0.05, 0) is 39.3 Å². The molecular weight excluding hydrogens is 244 g/mol. The topological polar surface area (TPSA) is 64.4 Å². The molecule has 0 aromatic heterocycles. The Balaban J connectivity index is 3.06. The van der Waals surface area contributed by atoms with E-state index >= 15 is 0 Å². The molecule has 0 saturated carbocycles. The van der Waals surface area contributed by atoms with Crippen molar-refractivity contribution >= 4 is 11.4 Å². The van der Waals surface area contributed by atoms with E-state index in [9.17, 15) is 10.1 Å². The summed E-state index contributed by atoms with van der Waals surface area (Å²) in [7, 11) is 0. The van der Waals surface area contributed by atoms with Crippen LogP contribution >= 0.6 is 0 Å². The van der Waals surface area contributed by atoms with Crippen molar-refractivity contribution in [2.24, 2.45) is 0 Å². The summed E-state index contributed by atoms with van der Waals surface area (Å²) in [5.41, 5.74) is 0.531. The van der Waals surface area contributed by atoms with Gasteiger partial charge < -0.3 is 10.1 Å². The standard InChI is InChI=1S/C14H22N2O3/c1-5-7-11(4)15-12-8-6-9-13(19-10(2)3)14(12)16(17)18/h6,8-11,15H,5,7H2,1-4H3. The van der Waals surface area contributed by atoms with Crippen molar-refractivity contribution in [3.63, 3.8) is 0 Å². The Morgan fingerprint density at radius 2 is 2.05 bits per heavy atom. The molecule has 0 saturated heterocycles. The third kappa shape index (κ3) is 4.43. The molecule has 0 radical (unpaired) electrons. The molecule has 0 spiro atoms. The summed E-state index contributed by atoms with van der Waals surface area (Å²) in [6, 6.07) is 5.31. The number of rotatable bonds is 7. The quantitative estimate of drug-likeness (QED) is 0.598. The van der Waals surface area contributed by atoms with Gasteiger partial charge in [-0.3, -0.25) is 10.1 Å². The zero-order valence-electron chi connectivity index (χ0n) is 12.0.